The average Bonchev–Trinajstić information content (AvgIpc) is 2.98. The van der Waals surface area contributed by atoms with Crippen molar-refractivity contribution in [2.45, 2.75) is 51.7 Å². The third-order valence-corrected chi connectivity index (χ3v) is 6.79. The van der Waals surface area contributed by atoms with Crippen molar-refractivity contribution in [3.63, 3.8) is 0 Å². The zero-order valence-corrected chi connectivity index (χ0v) is 19.9. The number of aliphatic hydroxyl groups excluding tert-OH is 1. The van der Waals surface area contributed by atoms with Gasteiger partial charge in [0.15, 0.2) is 0 Å². The van der Waals surface area contributed by atoms with E-state index in [4.69, 9.17) is 4.74 Å². The van der Waals surface area contributed by atoms with Crippen LogP contribution in [0.25, 0.3) is 0 Å². The third-order valence-electron chi connectivity index (χ3n) is 6.79. The summed E-state index contributed by atoms with van der Waals surface area (Å²) in [4.78, 5) is 31.5. The van der Waals surface area contributed by atoms with Crippen molar-refractivity contribution in [3.8, 4) is 5.75 Å². The minimum Gasteiger partial charge on any atom is -0.489 e. The number of benzene rings is 1. The van der Waals surface area contributed by atoms with E-state index in [1.54, 1.807) is 0 Å². The number of carbonyl (C=O) groups is 2. The number of piperazine rings is 1. The number of hydrogen-bond donors (Lipinski definition) is 1. The molecule has 0 aromatic heterocycles. The van der Waals surface area contributed by atoms with Gasteiger partial charge in [0.25, 0.3) is 0 Å². The van der Waals surface area contributed by atoms with Crippen LogP contribution >= 0.6 is 12.4 Å². The van der Waals surface area contributed by atoms with Crippen molar-refractivity contribution in [2.75, 3.05) is 44.2 Å². The van der Waals surface area contributed by atoms with Crippen molar-refractivity contribution in [2.24, 2.45) is 11.8 Å². The maximum Gasteiger partial charge on any atom is 0.233 e. The van der Waals surface area contributed by atoms with E-state index in [1.165, 1.54) is 4.90 Å². The summed E-state index contributed by atoms with van der Waals surface area (Å²) in [6.45, 7) is 9.23. The van der Waals surface area contributed by atoms with Crippen LogP contribution in [0.1, 0.15) is 39.5 Å². The lowest BCUT2D eigenvalue weighted by atomic mass is 9.80. The van der Waals surface area contributed by atoms with Crippen molar-refractivity contribution >= 4 is 29.9 Å². The van der Waals surface area contributed by atoms with Gasteiger partial charge in [-0.1, -0.05) is 12.1 Å². The number of carbonyl (C=O) groups excluding carboxylic acids is 2. The van der Waals surface area contributed by atoms with Crippen LogP contribution in [0.3, 0.4) is 0 Å². The van der Waals surface area contributed by atoms with Crippen LogP contribution in [0.5, 0.6) is 5.75 Å². The largest absolute Gasteiger partial charge is 0.489 e. The number of likely N-dealkylation sites (tertiary alicyclic amines) is 1. The van der Waals surface area contributed by atoms with Gasteiger partial charge in [-0.05, 0) is 58.2 Å². The first kappa shape index (κ1) is 24.8. The van der Waals surface area contributed by atoms with Gasteiger partial charge in [-0.15, -0.1) is 12.4 Å². The fraction of sp³-hybridized carbons (Fsp3) is 0.667. The van der Waals surface area contributed by atoms with Crippen molar-refractivity contribution < 1.29 is 19.4 Å². The third kappa shape index (κ3) is 5.38. The molecule has 1 aliphatic carbocycles. The second-order valence-corrected chi connectivity index (χ2v) is 9.32. The maximum absolute atomic E-state index is 12.6. The van der Waals surface area contributed by atoms with E-state index < -0.39 is 6.10 Å². The number of nitrogens with zero attached hydrogens (tertiary/aromatic N) is 3. The maximum atomic E-state index is 12.6. The molecule has 0 bridgehead atoms. The van der Waals surface area contributed by atoms with E-state index in [0.717, 1.165) is 50.6 Å². The monoisotopic (exact) mass is 465 g/mol. The zero-order chi connectivity index (χ0) is 22.0. The van der Waals surface area contributed by atoms with Gasteiger partial charge >= 0.3 is 0 Å². The molecule has 4 rings (SSSR count). The van der Waals surface area contributed by atoms with Crippen LogP contribution in [0.15, 0.2) is 24.3 Å². The lowest BCUT2D eigenvalue weighted by Crippen LogP contribution is -2.47. The smallest absolute Gasteiger partial charge is 0.233 e. The molecule has 7 nitrogen and oxygen atoms in total. The SMILES string of the molecule is CC(C)Oc1ccccc1N1CCN(CCCN2C(=O)C3CCC(O)CC3C2=O)CC1.Cl. The first-order valence-electron chi connectivity index (χ1n) is 11.7. The van der Waals surface area contributed by atoms with E-state index in [2.05, 4.69) is 21.9 Å². The predicted octanol–water partition coefficient (Wildman–Crippen LogP) is 2.55. The van der Waals surface area contributed by atoms with Crippen LogP contribution in [0.4, 0.5) is 5.69 Å². The molecule has 32 heavy (non-hydrogen) atoms. The Morgan fingerprint density at radius 3 is 2.41 bits per heavy atom. The van der Waals surface area contributed by atoms with Gasteiger partial charge < -0.3 is 14.7 Å². The molecule has 1 aromatic rings. The van der Waals surface area contributed by atoms with Gasteiger partial charge in [-0.25, -0.2) is 0 Å². The molecule has 1 aromatic carbocycles. The van der Waals surface area contributed by atoms with Crippen LogP contribution in [0.2, 0.25) is 0 Å². The fourth-order valence-electron chi connectivity index (χ4n) is 5.18. The molecule has 2 aliphatic heterocycles. The highest BCUT2D eigenvalue weighted by atomic mass is 35.5. The Hall–Kier alpha value is -1.83. The van der Waals surface area contributed by atoms with E-state index >= 15 is 0 Å². The molecule has 3 atom stereocenters. The minimum atomic E-state index is -0.440. The first-order chi connectivity index (χ1) is 14.9. The number of rotatable bonds is 7. The number of amides is 2. The minimum absolute atomic E-state index is 0. The second-order valence-electron chi connectivity index (χ2n) is 9.32. The number of aliphatic hydroxyl groups is 1. The molecular weight excluding hydrogens is 430 g/mol. The lowest BCUT2D eigenvalue weighted by molar-refractivity contribution is -0.140. The van der Waals surface area contributed by atoms with Crippen LogP contribution in [-0.2, 0) is 9.59 Å². The number of halogens is 1. The highest BCUT2D eigenvalue weighted by molar-refractivity contribution is 6.05. The van der Waals surface area contributed by atoms with Gasteiger partial charge in [-0.3, -0.25) is 19.4 Å². The predicted molar refractivity (Wildman–Crippen MR) is 126 cm³/mol. The molecule has 3 unspecified atom stereocenters. The van der Waals surface area contributed by atoms with Crippen molar-refractivity contribution in [1.82, 2.24) is 9.80 Å². The summed E-state index contributed by atoms with van der Waals surface area (Å²) in [6, 6.07) is 8.21. The Labute approximate surface area is 197 Å². The van der Waals surface area contributed by atoms with E-state index in [-0.39, 0.29) is 42.2 Å². The Balaban J connectivity index is 0.00000289. The Kier molecular flexibility index (Phi) is 8.42. The molecule has 1 N–H and O–H groups in total. The van der Waals surface area contributed by atoms with Gasteiger partial charge in [-0.2, -0.15) is 0 Å². The van der Waals surface area contributed by atoms with E-state index in [1.807, 2.05) is 26.0 Å². The number of ether oxygens (including phenoxy) is 1. The molecule has 178 valence electrons. The van der Waals surface area contributed by atoms with Crippen LogP contribution in [-0.4, -0.2) is 78.2 Å². The van der Waals surface area contributed by atoms with Gasteiger partial charge in [0.05, 0.1) is 29.7 Å². The van der Waals surface area contributed by atoms with Crippen molar-refractivity contribution in [1.29, 1.82) is 0 Å². The summed E-state index contributed by atoms with van der Waals surface area (Å²) in [5.41, 5.74) is 1.15. The molecule has 2 saturated heterocycles. The topological polar surface area (TPSA) is 73.3 Å². The molecular formula is C24H36ClN3O4. The summed E-state index contributed by atoms with van der Waals surface area (Å²) in [7, 11) is 0. The number of anilines is 1. The van der Waals surface area contributed by atoms with E-state index in [9.17, 15) is 14.7 Å². The van der Waals surface area contributed by atoms with Gasteiger partial charge in [0.2, 0.25) is 11.8 Å². The summed E-state index contributed by atoms with van der Waals surface area (Å²) in [5, 5.41) is 9.86. The van der Waals surface area contributed by atoms with Crippen molar-refractivity contribution in [3.05, 3.63) is 24.3 Å². The van der Waals surface area contributed by atoms with Crippen LogP contribution < -0.4 is 9.64 Å². The Morgan fingerprint density at radius 1 is 1.00 bits per heavy atom. The second kappa shape index (κ2) is 10.9. The summed E-state index contributed by atoms with van der Waals surface area (Å²) >= 11 is 0. The molecule has 3 fully saturated rings. The zero-order valence-electron chi connectivity index (χ0n) is 19.1. The quantitative estimate of drug-likeness (QED) is 0.624. The number of fused-ring (bicyclic) bond motifs is 1. The molecule has 0 radical (unpaired) electrons. The highest BCUT2D eigenvalue weighted by Gasteiger charge is 2.49. The highest BCUT2D eigenvalue weighted by Crippen LogP contribution is 2.38. The molecule has 8 heteroatoms. The van der Waals surface area contributed by atoms with E-state index in [0.29, 0.717) is 25.8 Å². The first-order valence-corrected chi connectivity index (χ1v) is 11.7. The average molecular weight is 466 g/mol. The van der Waals surface area contributed by atoms with Gasteiger partial charge in [0.1, 0.15) is 5.75 Å². The van der Waals surface area contributed by atoms with Crippen LogP contribution in [0, 0.1) is 11.8 Å². The standard InChI is InChI=1S/C24H35N3O4.ClH/c1-17(2)31-22-7-4-3-6-21(22)26-14-12-25(13-15-26)10-5-11-27-23(29)19-9-8-18(28)16-20(19)24(27)30;/h3-4,6-7,17-20,28H,5,8-16H2,1-2H3;1H. The fourth-order valence-corrected chi connectivity index (χ4v) is 5.18. The summed E-state index contributed by atoms with van der Waals surface area (Å²) in [6.07, 6.45) is 2.21. The number of imide groups is 1. The summed E-state index contributed by atoms with van der Waals surface area (Å²) in [5.74, 6) is 0.345. The molecule has 1 saturated carbocycles. The molecule has 2 heterocycles. The number of hydrogen-bond acceptors (Lipinski definition) is 6. The Bertz CT molecular complexity index is 797. The summed E-state index contributed by atoms with van der Waals surface area (Å²) < 4.78 is 5.97. The Morgan fingerprint density at radius 2 is 1.69 bits per heavy atom. The molecule has 2 amide bonds. The molecule has 3 aliphatic rings. The van der Waals surface area contributed by atoms with Gasteiger partial charge in [0, 0.05) is 32.7 Å². The number of para-hydroxylation sites is 2. The normalized spacial score (nSPS) is 26.3. The molecule has 0 spiro atoms. The lowest BCUT2D eigenvalue weighted by Gasteiger charge is -2.37.